The van der Waals surface area contributed by atoms with Crippen LogP contribution in [0.5, 0.6) is 0 Å². The average molecular weight is 446 g/mol. The second kappa shape index (κ2) is 9.23. The van der Waals surface area contributed by atoms with Crippen LogP contribution in [0.2, 0.25) is 0 Å². The third-order valence-corrected chi connectivity index (χ3v) is 6.25. The van der Waals surface area contributed by atoms with Gasteiger partial charge in [0.15, 0.2) is 17.0 Å². The van der Waals surface area contributed by atoms with Crippen LogP contribution in [0.3, 0.4) is 0 Å². The van der Waals surface area contributed by atoms with Crippen molar-refractivity contribution in [1.29, 1.82) is 0 Å². The number of nitrogens with two attached hydrogens (primary N) is 1. The van der Waals surface area contributed by atoms with E-state index >= 15 is 0 Å². The van der Waals surface area contributed by atoms with Gasteiger partial charge in [-0.05, 0) is 45.6 Å². The second-order valence-electron chi connectivity index (χ2n) is 9.11. The van der Waals surface area contributed by atoms with Crippen LogP contribution in [0.25, 0.3) is 22.5 Å². The van der Waals surface area contributed by atoms with Gasteiger partial charge >= 0.3 is 0 Å². The molecule has 0 saturated heterocycles. The lowest BCUT2D eigenvalue weighted by Gasteiger charge is -2.27. The summed E-state index contributed by atoms with van der Waals surface area (Å²) in [6, 6.07) is 13.0. The molecule has 0 atom stereocenters. The summed E-state index contributed by atoms with van der Waals surface area (Å²) in [7, 11) is 0. The van der Waals surface area contributed by atoms with E-state index in [2.05, 4.69) is 40.1 Å². The Morgan fingerprint density at radius 2 is 1.91 bits per heavy atom. The van der Waals surface area contributed by atoms with E-state index in [1.807, 2.05) is 36.7 Å². The quantitative estimate of drug-likeness (QED) is 0.369. The van der Waals surface area contributed by atoms with E-state index in [1.54, 1.807) is 6.26 Å². The molecule has 0 spiro atoms. The Morgan fingerprint density at radius 1 is 1.12 bits per heavy atom. The Morgan fingerprint density at radius 3 is 2.67 bits per heavy atom. The lowest BCUT2D eigenvalue weighted by Crippen LogP contribution is -2.33. The van der Waals surface area contributed by atoms with Crippen LogP contribution < -0.4 is 16.4 Å². The van der Waals surface area contributed by atoms with Crippen molar-refractivity contribution < 1.29 is 4.42 Å². The lowest BCUT2D eigenvalue weighted by atomic mass is 9.92. The Labute approximate surface area is 193 Å². The molecule has 0 radical (unpaired) electrons. The zero-order valence-corrected chi connectivity index (χ0v) is 19.2. The topological polar surface area (TPSA) is 107 Å². The summed E-state index contributed by atoms with van der Waals surface area (Å²) in [6.45, 7) is 4.83. The van der Waals surface area contributed by atoms with Crippen LogP contribution in [-0.4, -0.2) is 31.6 Å². The number of furan rings is 1. The van der Waals surface area contributed by atoms with E-state index in [9.17, 15) is 0 Å². The number of anilines is 2. The van der Waals surface area contributed by atoms with E-state index in [4.69, 9.17) is 20.1 Å². The van der Waals surface area contributed by atoms with Crippen LogP contribution in [0.4, 0.5) is 11.8 Å². The average Bonchev–Trinajstić information content (AvgIpc) is 3.47. The Kier molecular flexibility index (Phi) is 6.00. The molecule has 1 fully saturated rings. The number of nitrogens with one attached hydrogen (secondary N) is 2. The highest BCUT2D eigenvalue weighted by Gasteiger charge is 2.21. The number of benzene rings is 1. The first-order chi connectivity index (χ1) is 16.1. The maximum absolute atomic E-state index is 6.07. The monoisotopic (exact) mass is 445 g/mol. The molecule has 5 rings (SSSR count). The van der Waals surface area contributed by atoms with Gasteiger partial charge in [-0.25, -0.2) is 4.98 Å². The molecule has 0 unspecified atom stereocenters. The van der Waals surface area contributed by atoms with Gasteiger partial charge in [-0.15, -0.1) is 0 Å². The fraction of sp³-hybridized carbons (Fsp3) is 0.400. The van der Waals surface area contributed by atoms with Crippen molar-refractivity contribution in [2.24, 2.45) is 5.73 Å². The van der Waals surface area contributed by atoms with Crippen molar-refractivity contribution in [2.45, 2.75) is 64.2 Å². The number of fused-ring (bicyclic) bond motifs is 1. The van der Waals surface area contributed by atoms with E-state index in [-0.39, 0.29) is 6.04 Å². The summed E-state index contributed by atoms with van der Waals surface area (Å²) in [5.41, 5.74) is 9.77. The largest absolute Gasteiger partial charge is 0.464 e. The first kappa shape index (κ1) is 21.5. The molecule has 172 valence electrons. The van der Waals surface area contributed by atoms with Gasteiger partial charge in [0.25, 0.3) is 0 Å². The van der Waals surface area contributed by atoms with Crippen LogP contribution in [-0.2, 0) is 6.54 Å². The number of aromatic nitrogens is 4. The lowest BCUT2D eigenvalue weighted by molar-refractivity contribution is 0.410. The SMILES string of the molecule is CC(C)n1cnc2c(NCc3coc(-c4ccccc4)c3)nc(NC3CCC(N)CC3)nc21. The summed E-state index contributed by atoms with van der Waals surface area (Å²) >= 11 is 0. The summed E-state index contributed by atoms with van der Waals surface area (Å²) in [4.78, 5) is 14.2. The Balaban J connectivity index is 1.39. The van der Waals surface area contributed by atoms with E-state index < -0.39 is 0 Å². The molecule has 0 amide bonds. The summed E-state index contributed by atoms with van der Waals surface area (Å²) in [6.07, 6.45) is 7.74. The minimum absolute atomic E-state index is 0.251. The fourth-order valence-corrected chi connectivity index (χ4v) is 4.34. The molecule has 4 N–H and O–H groups in total. The number of imidazole rings is 1. The second-order valence-corrected chi connectivity index (χ2v) is 9.11. The maximum Gasteiger partial charge on any atom is 0.227 e. The standard InChI is InChI=1S/C25H31N7O/c1-16(2)32-15-28-22-23(27-13-17-12-21(33-14-17)18-6-4-3-5-7-18)30-25(31-24(22)32)29-20-10-8-19(26)9-11-20/h3-7,12,14-16,19-20H,8-11,13,26H2,1-2H3,(H2,27,29,30,31). The molecule has 8 nitrogen and oxygen atoms in total. The molecule has 8 heteroatoms. The van der Waals surface area contributed by atoms with Gasteiger partial charge in [0.2, 0.25) is 5.95 Å². The van der Waals surface area contributed by atoms with Crippen molar-refractivity contribution in [3.05, 3.63) is 54.6 Å². The number of nitrogens with zero attached hydrogens (tertiary/aromatic N) is 4. The smallest absolute Gasteiger partial charge is 0.227 e. The normalized spacial score (nSPS) is 18.7. The van der Waals surface area contributed by atoms with Gasteiger partial charge in [0.1, 0.15) is 5.76 Å². The Hall–Kier alpha value is -3.39. The summed E-state index contributed by atoms with van der Waals surface area (Å²) in [5.74, 6) is 2.20. The fourth-order valence-electron chi connectivity index (χ4n) is 4.34. The van der Waals surface area contributed by atoms with Crippen molar-refractivity contribution in [3.63, 3.8) is 0 Å². The predicted octanol–water partition coefficient (Wildman–Crippen LogP) is 4.96. The Bertz CT molecular complexity index is 1210. The van der Waals surface area contributed by atoms with Crippen molar-refractivity contribution in [3.8, 4) is 11.3 Å². The highest BCUT2D eigenvalue weighted by molar-refractivity contribution is 5.84. The van der Waals surface area contributed by atoms with Crippen LogP contribution in [0.15, 0.2) is 53.4 Å². The van der Waals surface area contributed by atoms with Crippen molar-refractivity contribution in [2.75, 3.05) is 10.6 Å². The van der Waals surface area contributed by atoms with Gasteiger partial charge in [0.05, 0.1) is 12.6 Å². The molecule has 1 aliphatic carbocycles. The van der Waals surface area contributed by atoms with Crippen molar-refractivity contribution in [1.82, 2.24) is 19.5 Å². The zero-order chi connectivity index (χ0) is 22.8. The van der Waals surface area contributed by atoms with Gasteiger partial charge in [-0.2, -0.15) is 9.97 Å². The molecule has 1 aliphatic rings. The third kappa shape index (κ3) is 4.71. The molecule has 33 heavy (non-hydrogen) atoms. The maximum atomic E-state index is 6.07. The summed E-state index contributed by atoms with van der Waals surface area (Å²) < 4.78 is 7.86. The number of hydrogen-bond donors (Lipinski definition) is 3. The molecule has 4 aromatic rings. The van der Waals surface area contributed by atoms with Crippen LogP contribution in [0.1, 0.15) is 51.1 Å². The van der Waals surface area contributed by atoms with E-state index in [0.717, 1.165) is 59.6 Å². The minimum atomic E-state index is 0.251. The highest BCUT2D eigenvalue weighted by atomic mass is 16.3. The zero-order valence-electron chi connectivity index (χ0n) is 19.2. The molecule has 0 bridgehead atoms. The molecule has 0 aliphatic heterocycles. The summed E-state index contributed by atoms with van der Waals surface area (Å²) in [5, 5.41) is 7.00. The van der Waals surface area contributed by atoms with Gasteiger partial charge in [-0.3, -0.25) is 0 Å². The molecule has 1 saturated carbocycles. The van der Waals surface area contributed by atoms with E-state index in [1.165, 1.54) is 0 Å². The number of rotatable bonds is 7. The van der Waals surface area contributed by atoms with Crippen molar-refractivity contribution >= 4 is 22.9 Å². The highest BCUT2D eigenvalue weighted by Crippen LogP contribution is 2.27. The molecule has 3 aromatic heterocycles. The van der Waals surface area contributed by atoms with Gasteiger partial charge in [-0.1, -0.05) is 30.3 Å². The first-order valence-electron chi connectivity index (χ1n) is 11.7. The molecular formula is C25H31N7O. The predicted molar refractivity (Wildman–Crippen MR) is 131 cm³/mol. The van der Waals surface area contributed by atoms with Gasteiger partial charge < -0.3 is 25.4 Å². The molecule has 1 aromatic carbocycles. The number of hydrogen-bond acceptors (Lipinski definition) is 7. The van der Waals surface area contributed by atoms with Crippen LogP contribution in [0, 0.1) is 0 Å². The molecular weight excluding hydrogens is 414 g/mol. The third-order valence-electron chi connectivity index (χ3n) is 6.25. The van der Waals surface area contributed by atoms with E-state index in [0.29, 0.717) is 24.6 Å². The molecule has 3 heterocycles. The first-order valence-corrected chi connectivity index (χ1v) is 11.7. The van der Waals surface area contributed by atoms with Gasteiger partial charge in [0, 0.05) is 35.8 Å². The minimum Gasteiger partial charge on any atom is -0.464 e. The van der Waals surface area contributed by atoms with Crippen LogP contribution >= 0.6 is 0 Å².